The minimum Gasteiger partial charge on any atom is -0.488 e. The predicted molar refractivity (Wildman–Crippen MR) is 75.3 cm³/mol. The maximum Gasteiger partial charge on any atom is 0.250 e. The third kappa shape index (κ3) is 2.69. The topological polar surface area (TPSA) is 70.6 Å². The summed E-state index contributed by atoms with van der Waals surface area (Å²) in [6.45, 7) is 2.10. The number of amides is 1. The number of ether oxygens (including phenoxy) is 1. The Hall–Kier alpha value is -1.85. The van der Waals surface area contributed by atoms with E-state index in [0.717, 1.165) is 17.9 Å². The van der Waals surface area contributed by atoms with Crippen molar-refractivity contribution in [3.63, 3.8) is 0 Å². The highest BCUT2D eigenvalue weighted by Gasteiger charge is 2.26. The molecule has 0 aliphatic carbocycles. The summed E-state index contributed by atoms with van der Waals surface area (Å²) in [5, 5.41) is 15.7. The Labute approximate surface area is 117 Å². The molecule has 1 amide bonds. The van der Waals surface area contributed by atoms with Crippen molar-refractivity contribution in [2.24, 2.45) is 5.92 Å². The van der Waals surface area contributed by atoms with E-state index in [9.17, 15) is 9.90 Å². The molecule has 2 aliphatic heterocycles. The lowest BCUT2D eigenvalue weighted by Gasteiger charge is -2.19. The lowest BCUT2D eigenvalue weighted by molar-refractivity contribution is -0.118. The van der Waals surface area contributed by atoms with Crippen molar-refractivity contribution in [2.45, 2.75) is 6.10 Å². The molecule has 1 aromatic rings. The quantitative estimate of drug-likeness (QED) is 0.734. The molecule has 2 heterocycles. The molecule has 5 heteroatoms. The van der Waals surface area contributed by atoms with Crippen LogP contribution in [0.3, 0.4) is 0 Å². The molecule has 1 saturated heterocycles. The summed E-state index contributed by atoms with van der Waals surface area (Å²) in [7, 11) is 0. The highest BCUT2D eigenvalue weighted by Crippen LogP contribution is 2.25. The van der Waals surface area contributed by atoms with Crippen LogP contribution in [0.15, 0.2) is 29.8 Å². The third-order valence-corrected chi connectivity index (χ3v) is 3.75. The second kappa shape index (κ2) is 5.64. The molecule has 20 heavy (non-hydrogen) atoms. The number of hydrogen-bond donors (Lipinski definition) is 3. The maximum atomic E-state index is 12.1. The van der Waals surface area contributed by atoms with E-state index in [2.05, 4.69) is 10.6 Å². The van der Waals surface area contributed by atoms with Gasteiger partial charge in [0.25, 0.3) is 5.91 Å². The Morgan fingerprint density at radius 3 is 3.05 bits per heavy atom. The molecule has 0 saturated carbocycles. The average molecular weight is 274 g/mol. The summed E-state index contributed by atoms with van der Waals surface area (Å²) >= 11 is 0. The Morgan fingerprint density at radius 2 is 2.25 bits per heavy atom. The first-order valence-corrected chi connectivity index (χ1v) is 6.83. The van der Waals surface area contributed by atoms with E-state index in [0.29, 0.717) is 18.7 Å². The van der Waals surface area contributed by atoms with Gasteiger partial charge in [-0.25, -0.2) is 0 Å². The van der Waals surface area contributed by atoms with Crippen LogP contribution in [0, 0.1) is 5.92 Å². The smallest absolute Gasteiger partial charge is 0.250 e. The molecule has 1 fully saturated rings. The minimum absolute atomic E-state index is 0.0799. The van der Waals surface area contributed by atoms with Gasteiger partial charge in [-0.2, -0.15) is 0 Å². The number of hydrogen-bond acceptors (Lipinski definition) is 4. The lowest BCUT2D eigenvalue weighted by Crippen LogP contribution is -2.36. The van der Waals surface area contributed by atoms with Crippen molar-refractivity contribution < 1.29 is 14.6 Å². The summed E-state index contributed by atoms with van der Waals surface area (Å²) in [5.41, 5.74) is 1.54. The van der Waals surface area contributed by atoms with Crippen LogP contribution in [0.5, 0.6) is 5.75 Å². The molecule has 0 bridgehead atoms. The number of rotatable bonds is 3. The van der Waals surface area contributed by atoms with E-state index in [1.54, 1.807) is 0 Å². The zero-order valence-corrected chi connectivity index (χ0v) is 11.1. The van der Waals surface area contributed by atoms with Crippen LogP contribution >= 0.6 is 0 Å². The van der Waals surface area contributed by atoms with Crippen LogP contribution in [0.1, 0.15) is 5.56 Å². The maximum absolute atomic E-state index is 12.1. The number of benzene rings is 1. The van der Waals surface area contributed by atoms with Gasteiger partial charge in [0, 0.05) is 31.1 Å². The fourth-order valence-electron chi connectivity index (χ4n) is 2.51. The SMILES string of the molecule is O=C(NCC1CNCC1O)C1=Cc2ccccc2OC1. The third-order valence-electron chi connectivity index (χ3n) is 3.75. The standard InChI is InChI=1S/C15H18N2O3/c18-13-8-16-6-12(13)7-17-15(19)11-5-10-3-1-2-4-14(10)20-9-11/h1-5,12-13,16,18H,6-9H2,(H,17,19). The summed E-state index contributed by atoms with van der Waals surface area (Å²) in [6.07, 6.45) is 1.48. The fraction of sp³-hybridized carbons (Fsp3) is 0.400. The zero-order chi connectivity index (χ0) is 13.9. The first kappa shape index (κ1) is 13.1. The fourth-order valence-corrected chi connectivity index (χ4v) is 2.51. The largest absolute Gasteiger partial charge is 0.488 e. The minimum atomic E-state index is -0.382. The van der Waals surface area contributed by atoms with Crippen molar-refractivity contribution in [1.29, 1.82) is 0 Å². The second-order valence-corrected chi connectivity index (χ2v) is 5.19. The number of β-amino-alcohol motifs (C(OH)–C–C–N with tert-alkyl or cyclic N) is 1. The van der Waals surface area contributed by atoms with E-state index in [1.165, 1.54) is 0 Å². The first-order chi connectivity index (χ1) is 9.74. The van der Waals surface area contributed by atoms with E-state index >= 15 is 0 Å². The van der Waals surface area contributed by atoms with Crippen LogP contribution in [0.4, 0.5) is 0 Å². The zero-order valence-electron chi connectivity index (χ0n) is 11.1. The van der Waals surface area contributed by atoms with Gasteiger partial charge in [0.05, 0.1) is 11.7 Å². The van der Waals surface area contributed by atoms with Crippen LogP contribution < -0.4 is 15.4 Å². The van der Waals surface area contributed by atoms with Gasteiger partial charge >= 0.3 is 0 Å². The molecule has 2 atom stereocenters. The molecule has 1 aromatic carbocycles. The Morgan fingerprint density at radius 1 is 1.40 bits per heavy atom. The van der Waals surface area contributed by atoms with Gasteiger partial charge in [0.2, 0.25) is 0 Å². The number of carbonyl (C=O) groups is 1. The molecule has 3 rings (SSSR count). The highest BCUT2D eigenvalue weighted by atomic mass is 16.5. The van der Waals surface area contributed by atoms with Gasteiger partial charge < -0.3 is 20.5 Å². The van der Waals surface area contributed by atoms with E-state index < -0.39 is 0 Å². The van der Waals surface area contributed by atoms with Gasteiger partial charge in [-0.05, 0) is 12.1 Å². The molecule has 106 valence electrons. The van der Waals surface area contributed by atoms with Crippen LogP contribution in [-0.2, 0) is 4.79 Å². The summed E-state index contributed by atoms with van der Waals surface area (Å²) in [6, 6.07) is 7.64. The normalized spacial score (nSPS) is 24.6. The van der Waals surface area contributed by atoms with Gasteiger partial charge in [-0.15, -0.1) is 0 Å². The molecular weight excluding hydrogens is 256 g/mol. The molecule has 0 aromatic heterocycles. The van der Waals surface area contributed by atoms with Crippen molar-refractivity contribution in [1.82, 2.24) is 10.6 Å². The Kier molecular flexibility index (Phi) is 3.71. The van der Waals surface area contributed by atoms with Crippen LogP contribution in [0.2, 0.25) is 0 Å². The van der Waals surface area contributed by atoms with Gasteiger partial charge in [0.1, 0.15) is 12.4 Å². The summed E-state index contributed by atoms with van der Waals surface area (Å²) in [4.78, 5) is 12.1. The highest BCUT2D eigenvalue weighted by molar-refractivity contribution is 5.99. The number of aliphatic hydroxyl groups is 1. The second-order valence-electron chi connectivity index (χ2n) is 5.19. The van der Waals surface area contributed by atoms with E-state index in [1.807, 2.05) is 30.3 Å². The number of aliphatic hydroxyl groups excluding tert-OH is 1. The van der Waals surface area contributed by atoms with Gasteiger partial charge in [-0.3, -0.25) is 4.79 Å². The molecule has 2 unspecified atom stereocenters. The summed E-state index contributed by atoms with van der Waals surface area (Å²) < 4.78 is 5.56. The van der Waals surface area contributed by atoms with Crippen LogP contribution in [-0.4, -0.2) is 43.4 Å². The van der Waals surface area contributed by atoms with E-state index in [-0.39, 0.29) is 24.5 Å². The average Bonchev–Trinajstić information content (AvgIpc) is 2.89. The van der Waals surface area contributed by atoms with Crippen molar-refractivity contribution >= 4 is 12.0 Å². The lowest BCUT2D eigenvalue weighted by atomic mass is 10.1. The monoisotopic (exact) mass is 274 g/mol. The van der Waals surface area contributed by atoms with Crippen molar-refractivity contribution in [3.05, 3.63) is 35.4 Å². The predicted octanol–water partition coefficient (Wildman–Crippen LogP) is 0.159. The first-order valence-electron chi connectivity index (χ1n) is 6.83. The van der Waals surface area contributed by atoms with Crippen LogP contribution in [0.25, 0.3) is 6.08 Å². The Balaban J connectivity index is 1.62. The van der Waals surface area contributed by atoms with Crippen molar-refractivity contribution in [3.8, 4) is 5.75 Å². The molecule has 5 nitrogen and oxygen atoms in total. The molecule has 2 aliphatic rings. The van der Waals surface area contributed by atoms with E-state index in [4.69, 9.17) is 4.74 Å². The molecular formula is C15H18N2O3. The van der Waals surface area contributed by atoms with Gasteiger partial charge in [0.15, 0.2) is 0 Å². The molecule has 3 N–H and O–H groups in total. The van der Waals surface area contributed by atoms with Gasteiger partial charge in [-0.1, -0.05) is 18.2 Å². The number of carbonyl (C=O) groups excluding carboxylic acids is 1. The Bertz CT molecular complexity index is 542. The number of nitrogens with one attached hydrogen (secondary N) is 2. The molecule has 0 radical (unpaired) electrons. The summed E-state index contributed by atoms with van der Waals surface area (Å²) in [5.74, 6) is 0.759. The molecule has 0 spiro atoms. The number of para-hydroxylation sites is 1. The number of fused-ring (bicyclic) bond motifs is 1. The van der Waals surface area contributed by atoms with Crippen molar-refractivity contribution in [2.75, 3.05) is 26.2 Å².